The lowest BCUT2D eigenvalue weighted by atomic mass is 9.97. The summed E-state index contributed by atoms with van der Waals surface area (Å²) in [5.74, 6) is 3.99. The van der Waals surface area contributed by atoms with Crippen LogP contribution < -0.4 is 14.2 Å². The first-order valence-corrected chi connectivity index (χ1v) is 13.1. The molecule has 0 unspecified atom stereocenters. The minimum Gasteiger partial charge on any atom is -0.493 e. The molecule has 0 aliphatic carbocycles. The maximum atomic E-state index is 6.51. The Balaban J connectivity index is 1.45. The molecule has 2 aliphatic rings. The van der Waals surface area contributed by atoms with Gasteiger partial charge in [-0.3, -0.25) is 0 Å². The highest BCUT2D eigenvalue weighted by Gasteiger charge is 2.42. The van der Waals surface area contributed by atoms with Crippen molar-refractivity contribution in [2.45, 2.75) is 58.2 Å². The molecule has 0 saturated heterocycles. The van der Waals surface area contributed by atoms with Crippen LogP contribution in [0.4, 0.5) is 0 Å². The van der Waals surface area contributed by atoms with Gasteiger partial charge in [-0.15, -0.1) is 0 Å². The fourth-order valence-corrected chi connectivity index (χ4v) is 5.06. The highest BCUT2D eigenvalue weighted by Crippen LogP contribution is 2.49. The van der Waals surface area contributed by atoms with Gasteiger partial charge in [0.1, 0.15) is 23.0 Å². The topological polar surface area (TPSA) is 56.4 Å². The van der Waals surface area contributed by atoms with E-state index in [1.165, 1.54) is 19.3 Å². The van der Waals surface area contributed by atoms with E-state index in [1.807, 2.05) is 54.4 Å². The SMILES string of the molecule is CCCCCCOc1ccc([C@H]2Oc3ccc(Br)cc3[C@@H]3CC(c4ccc(C)o4)=NN23)cc1OC. The average molecular weight is 539 g/mol. The summed E-state index contributed by atoms with van der Waals surface area (Å²) >= 11 is 3.61. The average Bonchev–Trinajstić information content (AvgIpc) is 3.50. The first-order chi connectivity index (χ1) is 17.1. The molecule has 3 heterocycles. The third-order valence-corrected chi connectivity index (χ3v) is 7.00. The summed E-state index contributed by atoms with van der Waals surface area (Å²) in [6.07, 6.45) is 5.00. The molecule has 0 fully saturated rings. The molecular formula is C28H31BrN2O4. The van der Waals surface area contributed by atoms with Gasteiger partial charge in [-0.2, -0.15) is 5.10 Å². The number of unbranched alkanes of at least 4 members (excludes halogenated alkanes) is 3. The Kier molecular flexibility index (Phi) is 7.04. The Morgan fingerprint density at radius 2 is 1.94 bits per heavy atom. The van der Waals surface area contributed by atoms with Gasteiger partial charge in [-0.25, -0.2) is 5.01 Å². The number of hydrogen-bond acceptors (Lipinski definition) is 6. The molecule has 0 amide bonds. The van der Waals surface area contributed by atoms with Crippen LogP contribution in [0, 0.1) is 6.92 Å². The van der Waals surface area contributed by atoms with Crippen LogP contribution in [0.2, 0.25) is 0 Å². The number of hydrogen-bond donors (Lipinski definition) is 0. The van der Waals surface area contributed by atoms with E-state index in [4.69, 9.17) is 23.7 Å². The van der Waals surface area contributed by atoms with Crippen LogP contribution in [0.1, 0.15) is 73.9 Å². The molecular weight excluding hydrogens is 508 g/mol. The molecule has 2 aliphatic heterocycles. The Hall–Kier alpha value is -2.93. The van der Waals surface area contributed by atoms with E-state index < -0.39 is 6.23 Å². The first-order valence-electron chi connectivity index (χ1n) is 12.3. The lowest BCUT2D eigenvalue weighted by Gasteiger charge is -2.38. The fraction of sp³-hybridized carbons (Fsp3) is 0.393. The lowest BCUT2D eigenvalue weighted by Crippen LogP contribution is -2.33. The highest BCUT2D eigenvalue weighted by atomic mass is 79.9. The zero-order valence-corrected chi connectivity index (χ0v) is 22.0. The number of ether oxygens (including phenoxy) is 3. The van der Waals surface area contributed by atoms with Gasteiger partial charge in [0, 0.05) is 22.0 Å². The van der Waals surface area contributed by atoms with Crippen LogP contribution in [0.5, 0.6) is 17.2 Å². The number of hydrazone groups is 1. The van der Waals surface area contributed by atoms with Crippen molar-refractivity contribution in [3.05, 3.63) is 75.7 Å². The van der Waals surface area contributed by atoms with Crippen molar-refractivity contribution in [2.75, 3.05) is 13.7 Å². The van der Waals surface area contributed by atoms with Crippen molar-refractivity contribution in [3.8, 4) is 17.2 Å². The van der Waals surface area contributed by atoms with Crippen molar-refractivity contribution in [1.82, 2.24) is 5.01 Å². The third-order valence-electron chi connectivity index (χ3n) is 6.50. The number of halogens is 1. The Bertz CT molecular complexity index is 1220. The van der Waals surface area contributed by atoms with E-state index >= 15 is 0 Å². The molecule has 0 N–H and O–H groups in total. The second kappa shape index (κ2) is 10.4. The van der Waals surface area contributed by atoms with Gasteiger partial charge in [-0.1, -0.05) is 42.1 Å². The van der Waals surface area contributed by atoms with Gasteiger partial charge in [0.25, 0.3) is 0 Å². The molecule has 5 rings (SSSR count). The van der Waals surface area contributed by atoms with Crippen molar-refractivity contribution in [1.29, 1.82) is 0 Å². The molecule has 0 radical (unpaired) electrons. The Morgan fingerprint density at radius 3 is 2.71 bits per heavy atom. The first kappa shape index (κ1) is 23.8. The van der Waals surface area contributed by atoms with Gasteiger partial charge in [0.05, 0.1) is 19.8 Å². The van der Waals surface area contributed by atoms with Gasteiger partial charge in [-0.05, 0) is 61.9 Å². The van der Waals surface area contributed by atoms with Crippen LogP contribution in [0.15, 0.2) is 62.5 Å². The maximum Gasteiger partial charge on any atom is 0.214 e. The van der Waals surface area contributed by atoms with Gasteiger partial charge >= 0.3 is 0 Å². The number of benzene rings is 2. The van der Waals surface area contributed by atoms with Crippen LogP contribution in [-0.4, -0.2) is 24.4 Å². The summed E-state index contributed by atoms with van der Waals surface area (Å²) in [6, 6.07) is 16.2. The van der Waals surface area contributed by atoms with Crippen LogP contribution in [0.25, 0.3) is 0 Å². The van der Waals surface area contributed by atoms with Crippen molar-refractivity contribution in [3.63, 3.8) is 0 Å². The van der Waals surface area contributed by atoms with E-state index in [0.29, 0.717) is 12.4 Å². The molecule has 1 aromatic heterocycles. The van der Waals surface area contributed by atoms with Crippen molar-refractivity contribution < 1.29 is 18.6 Å². The normalized spacial score (nSPS) is 18.5. The van der Waals surface area contributed by atoms with E-state index in [9.17, 15) is 0 Å². The van der Waals surface area contributed by atoms with Crippen molar-refractivity contribution >= 4 is 21.6 Å². The number of nitrogens with zero attached hydrogens (tertiary/aromatic N) is 2. The zero-order chi connectivity index (χ0) is 24.4. The summed E-state index contributed by atoms with van der Waals surface area (Å²) < 4.78 is 25.1. The zero-order valence-electron chi connectivity index (χ0n) is 20.4. The smallest absolute Gasteiger partial charge is 0.214 e. The van der Waals surface area contributed by atoms with Gasteiger partial charge < -0.3 is 18.6 Å². The molecule has 0 saturated carbocycles. The fourth-order valence-electron chi connectivity index (χ4n) is 4.68. The second-order valence-corrected chi connectivity index (χ2v) is 9.94. The number of furan rings is 1. The van der Waals surface area contributed by atoms with Crippen LogP contribution >= 0.6 is 15.9 Å². The number of aryl methyl sites for hydroxylation is 1. The molecule has 0 bridgehead atoms. The van der Waals surface area contributed by atoms with E-state index in [2.05, 4.69) is 28.9 Å². The van der Waals surface area contributed by atoms with Gasteiger partial charge in [0.15, 0.2) is 11.5 Å². The monoisotopic (exact) mass is 538 g/mol. The minimum atomic E-state index is -0.394. The number of rotatable bonds is 9. The number of methoxy groups -OCH3 is 1. The Morgan fingerprint density at radius 1 is 1.06 bits per heavy atom. The van der Waals surface area contributed by atoms with Crippen LogP contribution in [0.3, 0.4) is 0 Å². The standard InChI is InChI=1S/C28H31BrN2O4/c1-4-5-6-7-14-33-26-12-9-19(15-27(26)32-3)28-31-23(21-16-20(29)10-13-24(21)35-28)17-22(30-31)25-11-8-18(2)34-25/h8-13,15-16,23,28H,4-7,14,17H2,1-3H3/t23-,28+/m0/s1. The lowest BCUT2D eigenvalue weighted by molar-refractivity contribution is -0.0192. The molecule has 2 atom stereocenters. The molecule has 6 nitrogen and oxygen atoms in total. The second-order valence-electron chi connectivity index (χ2n) is 9.03. The van der Waals surface area contributed by atoms with E-state index in [1.54, 1.807) is 7.11 Å². The van der Waals surface area contributed by atoms with Crippen molar-refractivity contribution in [2.24, 2.45) is 5.10 Å². The minimum absolute atomic E-state index is 0.0437. The van der Waals surface area contributed by atoms with E-state index in [-0.39, 0.29) is 6.04 Å². The molecule has 3 aromatic rings. The molecule has 184 valence electrons. The maximum absolute atomic E-state index is 6.51. The highest BCUT2D eigenvalue weighted by molar-refractivity contribution is 9.10. The predicted octanol–water partition coefficient (Wildman–Crippen LogP) is 7.56. The molecule has 2 aromatic carbocycles. The Labute approximate surface area is 215 Å². The summed E-state index contributed by atoms with van der Waals surface area (Å²) in [7, 11) is 1.67. The summed E-state index contributed by atoms with van der Waals surface area (Å²) in [5, 5.41) is 7.02. The number of fused-ring (bicyclic) bond motifs is 3. The quantitative estimate of drug-likeness (QED) is 0.263. The summed E-state index contributed by atoms with van der Waals surface area (Å²) in [5.41, 5.74) is 2.99. The molecule has 7 heteroatoms. The summed E-state index contributed by atoms with van der Waals surface area (Å²) in [4.78, 5) is 0. The van der Waals surface area contributed by atoms with Crippen LogP contribution in [-0.2, 0) is 0 Å². The molecule has 0 spiro atoms. The van der Waals surface area contributed by atoms with Gasteiger partial charge in [0.2, 0.25) is 6.23 Å². The largest absolute Gasteiger partial charge is 0.493 e. The molecule has 35 heavy (non-hydrogen) atoms. The van der Waals surface area contributed by atoms with E-state index in [0.717, 1.165) is 57.2 Å². The summed E-state index contributed by atoms with van der Waals surface area (Å²) in [6.45, 7) is 4.84. The third kappa shape index (κ3) is 4.92. The predicted molar refractivity (Wildman–Crippen MR) is 139 cm³/mol.